The van der Waals surface area contributed by atoms with Gasteiger partial charge >= 0.3 is 0 Å². The van der Waals surface area contributed by atoms with Gasteiger partial charge in [-0.15, -0.1) is 0 Å². The predicted molar refractivity (Wildman–Crippen MR) is 66.6 cm³/mol. The molecule has 2 nitrogen and oxygen atoms in total. The van der Waals surface area contributed by atoms with Crippen molar-refractivity contribution in [1.29, 1.82) is 0 Å². The van der Waals surface area contributed by atoms with Gasteiger partial charge in [-0.2, -0.15) is 0 Å². The Hall–Kier alpha value is -0.840. The molecule has 5 heteroatoms. The second kappa shape index (κ2) is 4.80. The van der Waals surface area contributed by atoms with Crippen molar-refractivity contribution in [3.8, 4) is 0 Å². The SMILES string of the molecule is Cc1ccc(C(O)c2cc(Cl)c(Br)cc2F)o1. The van der Waals surface area contributed by atoms with Gasteiger partial charge in [-0.05, 0) is 47.1 Å². The standard InChI is InChI=1S/C12H9BrClFO2/c1-6-2-3-11(17-6)12(16)7-4-9(14)8(13)5-10(7)15/h2-5,12,16H,1H3. The number of aryl methyl sites for hydroxylation is 1. The first kappa shape index (κ1) is 12.6. The van der Waals surface area contributed by atoms with Crippen molar-refractivity contribution in [3.63, 3.8) is 0 Å². The Morgan fingerprint density at radius 2 is 2.12 bits per heavy atom. The lowest BCUT2D eigenvalue weighted by Gasteiger charge is -2.10. The molecule has 2 rings (SSSR count). The van der Waals surface area contributed by atoms with Crippen LogP contribution in [0.3, 0.4) is 0 Å². The van der Waals surface area contributed by atoms with Crippen LogP contribution in [-0.2, 0) is 0 Å². The summed E-state index contributed by atoms with van der Waals surface area (Å²) in [6.45, 7) is 1.75. The smallest absolute Gasteiger partial charge is 0.139 e. The lowest BCUT2D eigenvalue weighted by Crippen LogP contribution is -2.01. The summed E-state index contributed by atoms with van der Waals surface area (Å²) in [6, 6.07) is 5.91. The number of hydrogen-bond acceptors (Lipinski definition) is 2. The van der Waals surface area contributed by atoms with Crippen molar-refractivity contribution in [2.75, 3.05) is 0 Å². The molecule has 0 amide bonds. The van der Waals surface area contributed by atoms with E-state index in [-0.39, 0.29) is 5.56 Å². The third kappa shape index (κ3) is 2.54. The molecule has 1 unspecified atom stereocenters. The fourth-order valence-corrected chi connectivity index (χ4v) is 1.99. The molecule has 1 heterocycles. The van der Waals surface area contributed by atoms with Crippen molar-refractivity contribution in [2.45, 2.75) is 13.0 Å². The Labute approximate surface area is 111 Å². The van der Waals surface area contributed by atoms with Crippen LogP contribution in [0.1, 0.15) is 23.2 Å². The molecule has 0 spiro atoms. The van der Waals surface area contributed by atoms with Crippen molar-refractivity contribution < 1.29 is 13.9 Å². The monoisotopic (exact) mass is 318 g/mol. The summed E-state index contributed by atoms with van der Waals surface area (Å²) < 4.78 is 19.4. The number of hydrogen-bond donors (Lipinski definition) is 1. The van der Waals surface area contributed by atoms with Gasteiger partial charge in [0, 0.05) is 10.0 Å². The van der Waals surface area contributed by atoms with E-state index in [0.29, 0.717) is 21.0 Å². The minimum absolute atomic E-state index is 0.0903. The molecule has 0 saturated carbocycles. The molecule has 0 aliphatic heterocycles. The van der Waals surface area contributed by atoms with E-state index in [1.54, 1.807) is 19.1 Å². The van der Waals surface area contributed by atoms with E-state index in [9.17, 15) is 9.50 Å². The van der Waals surface area contributed by atoms with Crippen LogP contribution in [0.25, 0.3) is 0 Å². The molecule has 0 radical (unpaired) electrons. The van der Waals surface area contributed by atoms with Gasteiger partial charge in [-0.1, -0.05) is 11.6 Å². The van der Waals surface area contributed by atoms with Crippen LogP contribution in [0.4, 0.5) is 4.39 Å². The lowest BCUT2D eigenvalue weighted by molar-refractivity contribution is 0.183. The predicted octanol–water partition coefficient (Wildman–Crippen LogP) is 4.22. The highest BCUT2D eigenvalue weighted by Gasteiger charge is 2.19. The Morgan fingerprint density at radius 3 is 2.71 bits per heavy atom. The fraction of sp³-hybridized carbons (Fsp3) is 0.167. The quantitative estimate of drug-likeness (QED) is 0.841. The molecule has 90 valence electrons. The highest BCUT2D eigenvalue weighted by molar-refractivity contribution is 9.10. The second-order valence-electron chi connectivity index (χ2n) is 3.64. The molecule has 1 N–H and O–H groups in total. The van der Waals surface area contributed by atoms with Crippen molar-refractivity contribution in [2.24, 2.45) is 0 Å². The van der Waals surface area contributed by atoms with E-state index < -0.39 is 11.9 Å². The summed E-state index contributed by atoms with van der Waals surface area (Å²) in [6.07, 6.45) is -1.16. The first-order valence-electron chi connectivity index (χ1n) is 4.88. The van der Waals surface area contributed by atoms with Crippen molar-refractivity contribution >= 4 is 27.5 Å². The van der Waals surface area contributed by atoms with Crippen LogP contribution in [0.15, 0.2) is 33.2 Å². The van der Waals surface area contributed by atoms with Gasteiger partial charge in [-0.25, -0.2) is 4.39 Å². The molecule has 0 aliphatic rings. The maximum absolute atomic E-state index is 13.7. The van der Waals surface area contributed by atoms with E-state index in [2.05, 4.69) is 15.9 Å². The number of aliphatic hydroxyl groups is 1. The summed E-state index contributed by atoms with van der Waals surface area (Å²) in [5.74, 6) is 0.408. The minimum Gasteiger partial charge on any atom is -0.463 e. The average Bonchev–Trinajstić information content (AvgIpc) is 2.69. The molecular weight excluding hydrogens is 310 g/mol. The van der Waals surface area contributed by atoms with Crippen LogP contribution >= 0.6 is 27.5 Å². The Morgan fingerprint density at radius 1 is 1.41 bits per heavy atom. The fourth-order valence-electron chi connectivity index (χ4n) is 1.50. The summed E-state index contributed by atoms with van der Waals surface area (Å²) in [4.78, 5) is 0. The molecule has 0 saturated heterocycles. The Balaban J connectivity index is 2.43. The Bertz CT molecular complexity index is 553. The summed E-state index contributed by atoms with van der Waals surface area (Å²) in [7, 11) is 0. The zero-order valence-corrected chi connectivity index (χ0v) is 11.2. The van der Waals surface area contributed by atoms with Gasteiger partial charge < -0.3 is 9.52 Å². The molecular formula is C12H9BrClFO2. The van der Waals surface area contributed by atoms with Gasteiger partial charge in [0.2, 0.25) is 0 Å². The molecule has 2 aromatic rings. The van der Waals surface area contributed by atoms with E-state index in [0.717, 1.165) is 0 Å². The summed E-state index contributed by atoms with van der Waals surface area (Å²) in [5, 5.41) is 10.3. The van der Waals surface area contributed by atoms with Crippen LogP contribution in [0.5, 0.6) is 0 Å². The topological polar surface area (TPSA) is 33.4 Å². The van der Waals surface area contributed by atoms with Crippen molar-refractivity contribution in [3.05, 3.63) is 56.7 Å². The first-order valence-corrected chi connectivity index (χ1v) is 6.05. The number of benzene rings is 1. The van der Waals surface area contributed by atoms with Gasteiger partial charge in [0.15, 0.2) is 0 Å². The van der Waals surface area contributed by atoms with Crippen LogP contribution in [0.2, 0.25) is 5.02 Å². The molecule has 17 heavy (non-hydrogen) atoms. The molecule has 0 aliphatic carbocycles. The zero-order valence-electron chi connectivity index (χ0n) is 8.88. The van der Waals surface area contributed by atoms with E-state index >= 15 is 0 Å². The number of furan rings is 1. The molecule has 0 fully saturated rings. The van der Waals surface area contributed by atoms with E-state index in [4.69, 9.17) is 16.0 Å². The Kier molecular flexibility index (Phi) is 3.56. The van der Waals surface area contributed by atoms with E-state index in [1.807, 2.05) is 0 Å². The van der Waals surface area contributed by atoms with Gasteiger partial charge in [0.1, 0.15) is 23.4 Å². The maximum Gasteiger partial charge on any atom is 0.139 e. The van der Waals surface area contributed by atoms with E-state index in [1.165, 1.54) is 12.1 Å². The maximum atomic E-state index is 13.7. The molecule has 1 aromatic heterocycles. The largest absolute Gasteiger partial charge is 0.463 e. The first-order chi connectivity index (χ1) is 7.99. The van der Waals surface area contributed by atoms with Crippen LogP contribution in [-0.4, -0.2) is 5.11 Å². The third-order valence-corrected chi connectivity index (χ3v) is 3.56. The highest BCUT2D eigenvalue weighted by atomic mass is 79.9. The zero-order chi connectivity index (χ0) is 12.6. The summed E-state index contributed by atoms with van der Waals surface area (Å²) >= 11 is 8.98. The second-order valence-corrected chi connectivity index (χ2v) is 4.90. The minimum atomic E-state index is -1.16. The lowest BCUT2D eigenvalue weighted by atomic mass is 10.1. The summed E-state index contributed by atoms with van der Waals surface area (Å²) in [5.41, 5.74) is 0.0903. The normalized spacial score (nSPS) is 12.8. The molecule has 1 atom stereocenters. The van der Waals surface area contributed by atoms with Crippen LogP contribution < -0.4 is 0 Å². The van der Waals surface area contributed by atoms with Crippen molar-refractivity contribution in [1.82, 2.24) is 0 Å². The molecule has 0 bridgehead atoms. The number of halogens is 3. The molecule has 1 aromatic carbocycles. The van der Waals surface area contributed by atoms with Gasteiger partial charge in [0.25, 0.3) is 0 Å². The number of aliphatic hydroxyl groups excluding tert-OH is 1. The van der Waals surface area contributed by atoms with Gasteiger partial charge in [0.05, 0.1) is 5.02 Å². The third-order valence-electron chi connectivity index (χ3n) is 2.36. The average molecular weight is 320 g/mol. The highest BCUT2D eigenvalue weighted by Crippen LogP contribution is 2.32. The van der Waals surface area contributed by atoms with Gasteiger partial charge in [-0.3, -0.25) is 0 Å². The van der Waals surface area contributed by atoms with Crippen LogP contribution in [0, 0.1) is 12.7 Å². The number of rotatable bonds is 2.